The van der Waals surface area contributed by atoms with E-state index in [1.165, 1.54) is 21.9 Å². The molecule has 9 nitrogen and oxygen atoms in total. The molecule has 0 aliphatic heterocycles. The maximum atomic E-state index is 12.1. The summed E-state index contributed by atoms with van der Waals surface area (Å²) in [7, 11) is 0. The van der Waals surface area contributed by atoms with Gasteiger partial charge in [0, 0.05) is 22.8 Å². The van der Waals surface area contributed by atoms with Gasteiger partial charge in [-0.05, 0) is 24.6 Å². The zero-order valence-electron chi connectivity index (χ0n) is 13.1. The summed E-state index contributed by atoms with van der Waals surface area (Å²) in [5.74, 6) is -0.605. The van der Waals surface area contributed by atoms with Crippen molar-refractivity contribution in [2.45, 2.75) is 13.3 Å². The largest absolute Gasteiger partial charge is 0.364 e. The van der Waals surface area contributed by atoms with E-state index >= 15 is 0 Å². The molecule has 4 N–H and O–H groups in total. The van der Waals surface area contributed by atoms with E-state index in [1.807, 2.05) is 13.0 Å². The zero-order valence-corrected chi connectivity index (χ0v) is 13.9. The number of hydrogen-bond donors (Lipinski definition) is 3. The van der Waals surface area contributed by atoms with E-state index in [0.29, 0.717) is 33.1 Å². The van der Waals surface area contributed by atoms with E-state index in [1.54, 1.807) is 12.1 Å². The molecule has 1 aromatic carbocycles. The lowest BCUT2D eigenvalue weighted by molar-refractivity contribution is 0.0997. The summed E-state index contributed by atoms with van der Waals surface area (Å²) in [6.07, 6.45) is 0.680. The second kappa shape index (κ2) is 5.67. The molecular formula is C15H13N7O2S. The molecular weight excluding hydrogens is 342 g/mol. The fourth-order valence-corrected chi connectivity index (χ4v) is 3.34. The maximum absolute atomic E-state index is 12.1. The highest BCUT2D eigenvalue weighted by atomic mass is 32.1. The first-order valence-corrected chi connectivity index (χ1v) is 8.31. The van der Waals surface area contributed by atoms with Gasteiger partial charge < -0.3 is 11.1 Å². The fourth-order valence-electron chi connectivity index (χ4n) is 2.49. The van der Waals surface area contributed by atoms with Crippen molar-refractivity contribution < 1.29 is 4.79 Å². The van der Waals surface area contributed by atoms with Crippen LogP contribution in [-0.4, -0.2) is 30.7 Å². The van der Waals surface area contributed by atoms with Gasteiger partial charge in [0.1, 0.15) is 0 Å². The molecule has 0 unspecified atom stereocenters. The predicted octanol–water partition coefficient (Wildman–Crippen LogP) is 1.43. The number of carbonyl (C=O) groups is 1. The summed E-state index contributed by atoms with van der Waals surface area (Å²) in [4.78, 5) is 28.4. The number of rotatable bonds is 4. The number of aromatic amines is 1. The molecule has 0 saturated heterocycles. The lowest BCUT2D eigenvalue weighted by Crippen LogP contribution is -2.15. The van der Waals surface area contributed by atoms with Crippen LogP contribution in [0.4, 0.5) is 10.8 Å². The lowest BCUT2D eigenvalue weighted by atomic mass is 10.2. The molecule has 0 aliphatic rings. The average Bonchev–Trinajstić information content (AvgIpc) is 3.18. The molecule has 0 bridgehead atoms. The van der Waals surface area contributed by atoms with E-state index in [-0.39, 0.29) is 11.3 Å². The zero-order chi connectivity index (χ0) is 17.6. The number of nitrogens with one attached hydrogen (secondary N) is 2. The lowest BCUT2D eigenvalue weighted by Gasteiger charge is -2.01. The number of anilines is 2. The summed E-state index contributed by atoms with van der Waals surface area (Å²) in [5, 5.41) is 15.2. The van der Waals surface area contributed by atoms with Crippen molar-refractivity contribution in [1.29, 1.82) is 0 Å². The third kappa shape index (κ3) is 2.62. The predicted molar refractivity (Wildman–Crippen MR) is 94.4 cm³/mol. The molecule has 0 atom stereocenters. The van der Waals surface area contributed by atoms with Gasteiger partial charge in [0.05, 0.1) is 5.52 Å². The SMILES string of the molecule is CCc1cc(=O)n2nc(Nc3ccc4[nH]nc(C(N)=O)c4c3)sc2n1. The summed E-state index contributed by atoms with van der Waals surface area (Å²) in [6, 6.07) is 6.82. The van der Waals surface area contributed by atoms with Gasteiger partial charge in [-0.25, -0.2) is 4.98 Å². The molecule has 0 spiro atoms. The molecule has 0 fully saturated rings. The second-order valence-electron chi connectivity index (χ2n) is 5.36. The van der Waals surface area contributed by atoms with Gasteiger partial charge in [-0.3, -0.25) is 14.7 Å². The van der Waals surface area contributed by atoms with Crippen LogP contribution in [0.25, 0.3) is 15.9 Å². The summed E-state index contributed by atoms with van der Waals surface area (Å²) < 4.78 is 1.26. The molecule has 4 aromatic rings. The molecule has 0 radical (unpaired) electrons. The highest BCUT2D eigenvalue weighted by molar-refractivity contribution is 7.20. The minimum Gasteiger partial charge on any atom is -0.364 e. The first kappa shape index (κ1) is 15.3. The van der Waals surface area contributed by atoms with Crippen LogP contribution in [0.5, 0.6) is 0 Å². The number of aromatic nitrogens is 5. The Balaban J connectivity index is 1.74. The van der Waals surface area contributed by atoms with E-state index in [0.717, 1.165) is 5.69 Å². The first-order chi connectivity index (χ1) is 12.0. The van der Waals surface area contributed by atoms with Crippen LogP contribution < -0.4 is 16.6 Å². The van der Waals surface area contributed by atoms with Crippen LogP contribution >= 0.6 is 11.3 Å². The van der Waals surface area contributed by atoms with Crippen LogP contribution in [0.1, 0.15) is 23.1 Å². The minimum absolute atomic E-state index is 0.174. The van der Waals surface area contributed by atoms with Crippen LogP contribution in [0, 0.1) is 0 Å². The van der Waals surface area contributed by atoms with Crippen molar-refractivity contribution in [1.82, 2.24) is 24.8 Å². The standard InChI is InChI=1S/C15H13N7O2S/c1-2-7-6-11(23)22-15(18-7)25-14(21-22)17-8-3-4-10-9(5-8)12(13(16)24)20-19-10/h3-6H,2H2,1H3,(H2,16,24)(H,17,21)(H,19,20). The topological polar surface area (TPSA) is 131 Å². The molecule has 126 valence electrons. The number of fused-ring (bicyclic) bond motifs is 2. The van der Waals surface area contributed by atoms with E-state index in [4.69, 9.17) is 5.73 Å². The van der Waals surface area contributed by atoms with Crippen molar-refractivity contribution in [3.8, 4) is 0 Å². The molecule has 0 saturated carbocycles. The number of aryl methyl sites for hydroxylation is 1. The quantitative estimate of drug-likeness (QED) is 0.507. The van der Waals surface area contributed by atoms with Gasteiger partial charge in [-0.2, -0.15) is 9.61 Å². The molecule has 1 amide bonds. The molecule has 3 aromatic heterocycles. The van der Waals surface area contributed by atoms with Gasteiger partial charge in [-0.15, -0.1) is 5.10 Å². The van der Waals surface area contributed by atoms with E-state index < -0.39 is 5.91 Å². The second-order valence-corrected chi connectivity index (χ2v) is 6.32. The third-order valence-electron chi connectivity index (χ3n) is 3.71. The van der Waals surface area contributed by atoms with Crippen molar-refractivity contribution in [3.63, 3.8) is 0 Å². The Morgan fingerprint density at radius 2 is 2.24 bits per heavy atom. The molecule has 3 heterocycles. The number of hydrogen-bond acceptors (Lipinski definition) is 7. The van der Waals surface area contributed by atoms with Crippen LogP contribution in [-0.2, 0) is 6.42 Å². The van der Waals surface area contributed by atoms with Gasteiger partial charge >= 0.3 is 0 Å². The first-order valence-electron chi connectivity index (χ1n) is 7.50. The van der Waals surface area contributed by atoms with Gasteiger partial charge in [0.25, 0.3) is 11.5 Å². The van der Waals surface area contributed by atoms with Gasteiger partial charge in [0.2, 0.25) is 10.1 Å². The molecule has 0 aliphatic carbocycles. The highest BCUT2D eigenvalue weighted by Gasteiger charge is 2.13. The number of nitrogens with zero attached hydrogens (tertiary/aromatic N) is 4. The monoisotopic (exact) mass is 355 g/mol. The number of nitrogens with two attached hydrogens (primary N) is 1. The Hall–Kier alpha value is -3.27. The van der Waals surface area contributed by atoms with Crippen molar-refractivity contribution in [2.24, 2.45) is 5.73 Å². The van der Waals surface area contributed by atoms with Gasteiger partial charge in [0.15, 0.2) is 5.69 Å². The number of amides is 1. The average molecular weight is 355 g/mol. The number of primary amides is 1. The van der Waals surface area contributed by atoms with Crippen molar-refractivity contribution >= 4 is 43.9 Å². The third-order valence-corrected chi connectivity index (χ3v) is 4.53. The van der Waals surface area contributed by atoms with Crippen LogP contribution in [0.3, 0.4) is 0 Å². The highest BCUT2D eigenvalue weighted by Crippen LogP contribution is 2.25. The Morgan fingerprint density at radius 3 is 3.00 bits per heavy atom. The van der Waals surface area contributed by atoms with E-state index in [9.17, 15) is 9.59 Å². The number of H-pyrrole nitrogens is 1. The molecule has 10 heteroatoms. The Morgan fingerprint density at radius 1 is 1.40 bits per heavy atom. The molecule has 4 rings (SSSR count). The van der Waals surface area contributed by atoms with Crippen LogP contribution in [0.2, 0.25) is 0 Å². The maximum Gasteiger partial charge on any atom is 0.275 e. The molecule has 25 heavy (non-hydrogen) atoms. The fraction of sp³-hybridized carbons (Fsp3) is 0.133. The number of carbonyl (C=O) groups excluding carboxylic acids is 1. The van der Waals surface area contributed by atoms with Crippen molar-refractivity contribution in [3.05, 3.63) is 46.0 Å². The Bertz CT molecular complexity index is 1170. The summed E-state index contributed by atoms with van der Waals surface area (Å²) in [6.45, 7) is 1.94. The smallest absolute Gasteiger partial charge is 0.275 e. The Kier molecular flexibility index (Phi) is 3.46. The minimum atomic E-state index is -0.605. The van der Waals surface area contributed by atoms with Gasteiger partial charge in [-0.1, -0.05) is 18.3 Å². The summed E-state index contributed by atoms with van der Waals surface area (Å²) >= 11 is 1.27. The Labute approximate surface area is 144 Å². The van der Waals surface area contributed by atoms with Crippen molar-refractivity contribution in [2.75, 3.05) is 5.32 Å². The van der Waals surface area contributed by atoms with Crippen LogP contribution in [0.15, 0.2) is 29.1 Å². The van der Waals surface area contributed by atoms with E-state index in [2.05, 4.69) is 25.6 Å². The number of benzene rings is 1. The normalized spacial score (nSPS) is 11.2. The summed E-state index contributed by atoms with van der Waals surface area (Å²) in [5.41, 5.74) is 7.41.